The lowest BCUT2D eigenvalue weighted by Gasteiger charge is -2.36. The van der Waals surface area contributed by atoms with Gasteiger partial charge in [0.2, 0.25) is 5.91 Å². The Morgan fingerprint density at radius 3 is 2.44 bits per heavy atom. The minimum Gasteiger partial charge on any atom is -0.494 e. The molecule has 8 rings (SSSR count). The molecule has 3 aromatic heterocycles. The molecule has 0 aliphatic carbocycles. The number of rotatable bonds is 13. The number of methoxy groups -OCH3 is 1. The van der Waals surface area contributed by atoms with Gasteiger partial charge in [-0.1, -0.05) is 50.2 Å². The molecule has 3 aromatic carbocycles. The van der Waals surface area contributed by atoms with Gasteiger partial charge in [0.15, 0.2) is 11.5 Å². The fourth-order valence-electron chi connectivity index (χ4n) is 7.89. The number of urea groups is 1. The van der Waals surface area contributed by atoms with Crippen molar-refractivity contribution in [2.75, 3.05) is 62.8 Å². The number of hydrogen-bond acceptors (Lipinski definition) is 12. The number of carbonyl (C=O) groups excluding carboxylic acids is 3. The third kappa shape index (κ3) is 9.10. The number of nitrogens with zero attached hydrogens (tertiary/aromatic N) is 7. The summed E-state index contributed by atoms with van der Waals surface area (Å²) in [4.78, 5) is 52.2. The molecule has 16 nitrogen and oxygen atoms in total. The van der Waals surface area contributed by atoms with Crippen LogP contribution in [-0.4, -0.2) is 101 Å². The first-order valence-corrected chi connectivity index (χ1v) is 20.9. The van der Waals surface area contributed by atoms with Crippen LogP contribution in [0.3, 0.4) is 0 Å². The van der Waals surface area contributed by atoms with Crippen LogP contribution < -0.4 is 29.9 Å². The molecular formula is C46H52N10O6. The Bertz CT molecular complexity index is 2590. The van der Waals surface area contributed by atoms with Crippen LogP contribution in [0.2, 0.25) is 0 Å². The summed E-state index contributed by atoms with van der Waals surface area (Å²) >= 11 is 0. The number of aryl methyl sites for hydroxylation is 1. The van der Waals surface area contributed by atoms with Gasteiger partial charge in [0.1, 0.15) is 11.5 Å². The number of imide groups is 1. The molecule has 0 bridgehead atoms. The number of fused-ring (bicyclic) bond motifs is 1. The number of carbonyl (C=O) groups is 3. The number of ether oxygens (including phenoxy) is 2. The first kappa shape index (κ1) is 41.9. The maximum Gasteiger partial charge on any atom is 0.328 e. The van der Waals surface area contributed by atoms with E-state index in [0.29, 0.717) is 41.8 Å². The topological polar surface area (TPSA) is 184 Å². The van der Waals surface area contributed by atoms with Gasteiger partial charge in [0, 0.05) is 85.6 Å². The number of piperazine rings is 1. The molecule has 16 heteroatoms. The Hall–Kier alpha value is -6.81. The van der Waals surface area contributed by atoms with Gasteiger partial charge in [-0.05, 0) is 73.4 Å². The number of amides is 4. The maximum absolute atomic E-state index is 12.9. The van der Waals surface area contributed by atoms with Crippen molar-refractivity contribution in [3.8, 4) is 33.9 Å². The number of H-pyrrole nitrogens is 1. The van der Waals surface area contributed by atoms with Crippen LogP contribution in [0.15, 0.2) is 77.4 Å². The number of benzene rings is 3. The van der Waals surface area contributed by atoms with E-state index < -0.39 is 11.9 Å². The molecule has 2 fully saturated rings. The lowest BCUT2D eigenvalue weighted by atomic mass is 9.96. The van der Waals surface area contributed by atoms with Crippen molar-refractivity contribution in [2.45, 2.75) is 58.9 Å². The fraction of sp³-hybridized carbons (Fsp3) is 0.370. The van der Waals surface area contributed by atoms with Crippen molar-refractivity contribution < 1.29 is 28.4 Å². The summed E-state index contributed by atoms with van der Waals surface area (Å²) in [6.45, 7) is 15.4. The van der Waals surface area contributed by atoms with Gasteiger partial charge in [0.05, 0.1) is 31.1 Å². The number of nitrogens with one attached hydrogen (secondary N) is 3. The molecule has 0 radical (unpaired) electrons. The highest BCUT2D eigenvalue weighted by Gasteiger charge is 2.28. The zero-order valence-electron chi connectivity index (χ0n) is 35.9. The Morgan fingerprint density at radius 2 is 1.73 bits per heavy atom. The monoisotopic (exact) mass is 840 g/mol. The molecule has 0 unspecified atom stereocenters. The van der Waals surface area contributed by atoms with E-state index in [1.165, 1.54) is 10.6 Å². The second-order valence-corrected chi connectivity index (χ2v) is 16.8. The average molecular weight is 841 g/mol. The van der Waals surface area contributed by atoms with E-state index in [9.17, 15) is 14.4 Å². The molecule has 6 aromatic rings. The molecular weight excluding hydrogens is 789 g/mol. The highest BCUT2D eigenvalue weighted by molar-refractivity contribution is 6.06. The quantitative estimate of drug-likeness (QED) is 0.103. The van der Waals surface area contributed by atoms with Gasteiger partial charge < -0.3 is 24.2 Å². The Kier molecular flexibility index (Phi) is 11.9. The molecule has 62 heavy (non-hydrogen) atoms. The number of aromatic amines is 1. The molecule has 3 N–H and O–H groups in total. The van der Waals surface area contributed by atoms with Crippen LogP contribution in [0.1, 0.15) is 74.2 Å². The Labute approximate surface area is 360 Å². The second-order valence-electron chi connectivity index (χ2n) is 16.8. The summed E-state index contributed by atoms with van der Waals surface area (Å²) in [5, 5.41) is 17.9. The molecule has 4 amide bonds. The maximum atomic E-state index is 12.9. The predicted octanol–water partition coefficient (Wildman–Crippen LogP) is 6.82. The summed E-state index contributed by atoms with van der Waals surface area (Å²) in [6.07, 6.45) is 2.98. The number of hydrogen-bond donors (Lipinski definition) is 3. The van der Waals surface area contributed by atoms with Crippen LogP contribution in [0.25, 0.3) is 33.4 Å². The van der Waals surface area contributed by atoms with E-state index in [-0.39, 0.29) is 29.7 Å². The van der Waals surface area contributed by atoms with Gasteiger partial charge in [-0.15, -0.1) is 0 Å². The highest BCUT2D eigenvalue weighted by atomic mass is 16.5. The minimum absolute atomic E-state index is 0.0519. The summed E-state index contributed by atoms with van der Waals surface area (Å²) < 4.78 is 16.8. The first-order chi connectivity index (χ1) is 29.8. The van der Waals surface area contributed by atoms with E-state index in [1.807, 2.05) is 59.0 Å². The van der Waals surface area contributed by atoms with Gasteiger partial charge in [-0.3, -0.25) is 29.8 Å². The van der Waals surface area contributed by atoms with Gasteiger partial charge >= 0.3 is 17.8 Å². The summed E-state index contributed by atoms with van der Waals surface area (Å²) in [5.74, 6) is 0.927. The normalized spacial score (nSPS) is 15.5. The van der Waals surface area contributed by atoms with E-state index in [1.54, 1.807) is 19.2 Å². The number of pyridine rings is 1. The van der Waals surface area contributed by atoms with Crippen molar-refractivity contribution >= 4 is 40.3 Å². The molecule has 2 saturated heterocycles. The fourth-order valence-corrected chi connectivity index (χ4v) is 7.89. The van der Waals surface area contributed by atoms with Gasteiger partial charge in [-0.2, -0.15) is 10.1 Å². The molecule has 0 spiro atoms. The molecule has 2 aliphatic rings. The van der Waals surface area contributed by atoms with Crippen LogP contribution in [0.4, 0.5) is 16.2 Å². The van der Waals surface area contributed by atoms with E-state index in [0.717, 1.165) is 78.0 Å². The van der Waals surface area contributed by atoms with E-state index >= 15 is 0 Å². The molecule has 5 heterocycles. The molecule has 322 valence electrons. The van der Waals surface area contributed by atoms with Crippen molar-refractivity contribution in [2.24, 2.45) is 0 Å². The third-order valence-electron chi connectivity index (χ3n) is 11.4. The van der Waals surface area contributed by atoms with Crippen molar-refractivity contribution in [3.63, 3.8) is 0 Å². The number of aromatic nitrogens is 5. The largest absolute Gasteiger partial charge is 0.494 e. The van der Waals surface area contributed by atoms with E-state index in [2.05, 4.69) is 82.2 Å². The average Bonchev–Trinajstić information content (AvgIpc) is 3.94. The minimum atomic E-state index is -0.452. The summed E-state index contributed by atoms with van der Waals surface area (Å²) in [7, 11) is 1.55. The molecule has 2 aliphatic heterocycles. The van der Waals surface area contributed by atoms with Crippen LogP contribution >= 0.6 is 0 Å². The Morgan fingerprint density at radius 1 is 0.952 bits per heavy atom. The second kappa shape index (κ2) is 17.7. The van der Waals surface area contributed by atoms with Gasteiger partial charge in [-0.25, -0.2) is 9.78 Å². The first-order valence-electron chi connectivity index (χ1n) is 20.9. The number of anilines is 2. The lowest BCUT2D eigenvalue weighted by Crippen LogP contribution is -2.49. The molecule has 0 saturated carbocycles. The lowest BCUT2D eigenvalue weighted by molar-refractivity contribution is -0.120. The highest BCUT2D eigenvalue weighted by Crippen LogP contribution is 2.34. The van der Waals surface area contributed by atoms with Crippen LogP contribution in [0.5, 0.6) is 11.5 Å². The smallest absolute Gasteiger partial charge is 0.328 e. The third-order valence-corrected chi connectivity index (χ3v) is 11.4. The predicted molar refractivity (Wildman–Crippen MR) is 236 cm³/mol. The SMILES string of the molecule is COc1cc(OCCCN2CCN(c3ccc(-c4cnc5n[nH]c(-c6ccc([C@@H](C)NC(=O)c7nc(C(C)(C)C)no7)c(C)c6)c5c4)cc3)CC2)ccc1N1CCC(=O)NC1=O. The Balaban J connectivity index is 0.831. The standard InChI is InChI=1S/C46H52N10O6/c1-28-24-31(10-14-35(28)29(2)48-42(58)43-50-44(53-62-43)46(3,4)5)40-36-25-32(27-47-41(36)52-51-40)30-8-11-33(12-9-30)55-21-19-54(20-22-55)17-7-23-61-34-13-15-37(38(26-34)60-6)56-18-16-39(57)49-45(56)59/h8-15,24-27,29H,7,16-23H2,1-6H3,(H,48,58)(H,47,51,52)(H,49,57,59)/t29-/m1/s1. The van der Waals surface area contributed by atoms with Crippen LogP contribution in [0, 0.1) is 6.92 Å². The molecule has 1 atom stereocenters. The van der Waals surface area contributed by atoms with Crippen LogP contribution in [-0.2, 0) is 10.2 Å². The van der Waals surface area contributed by atoms with Crippen molar-refractivity contribution in [3.05, 3.63) is 95.8 Å². The van der Waals surface area contributed by atoms with Crippen molar-refractivity contribution in [1.29, 1.82) is 0 Å². The van der Waals surface area contributed by atoms with E-state index in [4.69, 9.17) is 14.0 Å². The zero-order valence-corrected chi connectivity index (χ0v) is 35.9. The summed E-state index contributed by atoms with van der Waals surface area (Å²) in [5.41, 5.74) is 8.01. The zero-order chi connectivity index (χ0) is 43.5. The summed E-state index contributed by atoms with van der Waals surface area (Å²) in [6, 6.07) is 21.6. The van der Waals surface area contributed by atoms with Crippen molar-refractivity contribution in [1.82, 2.24) is 40.9 Å². The van der Waals surface area contributed by atoms with Gasteiger partial charge in [0.25, 0.3) is 0 Å².